The number of benzene rings is 2. The van der Waals surface area contributed by atoms with E-state index >= 15 is 0 Å². The lowest BCUT2D eigenvalue weighted by Gasteiger charge is -2.48. The zero-order valence-electron chi connectivity index (χ0n) is 20.2. The number of rotatable bonds is 7. The fraction of sp³-hybridized carbons (Fsp3) is 0.385. The second-order valence-electron chi connectivity index (χ2n) is 9.52. The summed E-state index contributed by atoms with van der Waals surface area (Å²) in [5, 5.41) is 0. The van der Waals surface area contributed by atoms with E-state index in [0.717, 1.165) is 16.9 Å². The molecule has 0 saturated heterocycles. The summed E-state index contributed by atoms with van der Waals surface area (Å²) in [5.41, 5.74) is 3.67. The van der Waals surface area contributed by atoms with Crippen molar-refractivity contribution in [2.45, 2.75) is 59.8 Å². The Labute approximate surface area is 188 Å². The van der Waals surface area contributed by atoms with Crippen LogP contribution in [0.15, 0.2) is 71.2 Å². The average Bonchev–Trinajstić information content (AvgIpc) is 2.67. The van der Waals surface area contributed by atoms with Crippen LogP contribution in [0.2, 0.25) is 19.6 Å². The number of hydrogen-bond acceptors (Lipinski definition) is 4. The second kappa shape index (κ2) is 10.1. The molecule has 31 heavy (non-hydrogen) atoms. The number of hydrogen-bond donors (Lipinski definition) is 0. The molecule has 0 N–H and O–H groups in total. The lowest BCUT2D eigenvalue weighted by atomic mass is 9.99. The van der Waals surface area contributed by atoms with Gasteiger partial charge in [0.25, 0.3) is 0 Å². The van der Waals surface area contributed by atoms with E-state index < -0.39 is 8.24 Å². The van der Waals surface area contributed by atoms with Gasteiger partial charge in [0, 0.05) is 5.54 Å². The average molecular weight is 437 g/mol. The van der Waals surface area contributed by atoms with Crippen molar-refractivity contribution in [2.24, 2.45) is 4.99 Å². The monoisotopic (exact) mass is 436 g/mol. The first kappa shape index (κ1) is 24.6. The standard InChI is InChI=1S/C26H36N2O2Si/c1-9-30-25(29)23(20(2)27-22-18-14-11-15-19-22)24(21-16-12-10-13-17-21)28(26(3,4)5)31(6,7)8/h10-19H,9H2,1-8H3/b24-23+,27-20?. The highest BCUT2D eigenvalue weighted by Gasteiger charge is 2.38. The molecular weight excluding hydrogens is 400 g/mol. The van der Waals surface area contributed by atoms with E-state index in [1.54, 1.807) is 0 Å². The third kappa shape index (κ3) is 6.41. The molecule has 0 aliphatic carbocycles. The van der Waals surface area contributed by atoms with E-state index in [4.69, 9.17) is 9.73 Å². The maximum atomic E-state index is 13.4. The lowest BCUT2D eigenvalue weighted by molar-refractivity contribution is -0.137. The molecule has 0 aliphatic rings. The highest BCUT2D eigenvalue weighted by molar-refractivity contribution is 6.74. The van der Waals surface area contributed by atoms with Gasteiger partial charge in [0.15, 0.2) is 0 Å². The number of esters is 1. The minimum absolute atomic E-state index is 0.194. The summed E-state index contributed by atoms with van der Waals surface area (Å²) in [4.78, 5) is 18.2. The molecule has 0 heterocycles. The number of carbonyl (C=O) groups excluding carboxylic acids is 1. The molecule has 0 radical (unpaired) electrons. The van der Waals surface area contributed by atoms with Crippen molar-refractivity contribution in [3.8, 4) is 0 Å². The Morgan fingerprint density at radius 2 is 1.48 bits per heavy atom. The Morgan fingerprint density at radius 1 is 0.968 bits per heavy atom. The second-order valence-corrected chi connectivity index (χ2v) is 14.3. The van der Waals surface area contributed by atoms with E-state index in [-0.39, 0.29) is 11.5 Å². The van der Waals surface area contributed by atoms with Gasteiger partial charge < -0.3 is 9.30 Å². The quantitative estimate of drug-likeness (QED) is 0.210. The van der Waals surface area contributed by atoms with Crippen molar-refractivity contribution < 1.29 is 9.53 Å². The van der Waals surface area contributed by atoms with Crippen molar-refractivity contribution in [1.82, 2.24) is 4.57 Å². The van der Waals surface area contributed by atoms with Crippen LogP contribution in [0.5, 0.6) is 0 Å². The summed E-state index contributed by atoms with van der Waals surface area (Å²) in [5.74, 6) is -0.342. The predicted octanol–water partition coefficient (Wildman–Crippen LogP) is 6.69. The molecule has 0 saturated carbocycles. The Balaban J connectivity index is 2.93. The van der Waals surface area contributed by atoms with Gasteiger partial charge in [0.2, 0.25) is 0 Å². The van der Waals surface area contributed by atoms with Gasteiger partial charge in [-0.1, -0.05) is 68.2 Å². The molecule has 5 heteroatoms. The topological polar surface area (TPSA) is 41.9 Å². The third-order valence-corrected chi connectivity index (χ3v) is 6.98. The van der Waals surface area contributed by atoms with Crippen LogP contribution in [0.25, 0.3) is 5.70 Å². The fourth-order valence-electron chi connectivity index (χ4n) is 4.03. The van der Waals surface area contributed by atoms with Gasteiger partial charge in [-0.05, 0) is 52.3 Å². The number of nitrogens with zero attached hydrogens (tertiary/aromatic N) is 2. The van der Waals surface area contributed by atoms with Crippen LogP contribution in [0.3, 0.4) is 0 Å². The molecule has 0 fully saturated rings. The molecule has 2 aromatic rings. The number of para-hydroxylation sites is 1. The van der Waals surface area contributed by atoms with Crippen LogP contribution in [0.4, 0.5) is 5.69 Å². The zero-order valence-corrected chi connectivity index (χ0v) is 21.2. The fourth-order valence-corrected chi connectivity index (χ4v) is 6.95. The van der Waals surface area contributed by atoms with E-state index in [1.165, 1.54) is 0 Å². The van der Waals surface area contributed by atoms with Gasteiger partial charge in [0.05, 0.1) is 23.7 Å². The van der Waals surface area contributed by atoms with Gasteiger partial charge in [-0.25, -0.2) is 4.79 Å². The Bertz CT molecular complexity index is 923. The molecule has 166 valence electrons. The summed E-state index contributed by atoms with van der Waals surface area (Å²) < 4.78 is 7.99. The smallest absolute Gasteiger partial charge is 0.342 e. The minimum Gasteiger partial charge on any atom is -0.462 e. The molecule has 0 bridgehead atoms. The van der Waals surface area contributed by atoms with E-state index in [9.17, 15) is 4.79 Å². The summed E-state index contributed by atoms with van der Waals surface area (Å²) in [6.45, 7) is 17.5. The van der Waals surface area contributed by atoms with Crippen LogP contribution in [-0.4, -0.2) is 36.6 Å². The van der Waals surface area contributed by atoms with Crippen LogP contribution >= 0.6 is 0 Å². The van der Waals surface area contributed by atoms with Gasteiger partial charge >= 0.3 is 5.97 Å². The number of aliphatic imine (C=N–C) groups is 1. The highest BCUT2D eigenvalue weighted by atomic mass is 28.3. The van der Waals surface area contributed by atoms with Crippen molar-refractivity contribution >= 4 is 31.3 Å². The molecular formula is C26H36N2O2Si. The van der Waals surface area contributed by atoms with Crippen LogP contribution < -0.4 is 0 Å². The molecule has 2 rings (SSSR count). The maximum Gasteiger partial charge on any atom is 0.342 e. The first-order valence-electron chi connectivity index (χ1n) is 10.8. The summed E-state index contributed by atoms with van der Waals surface area (Å²) in [6.07, 6.45) is 0. The summed E-state index contributed by atoms with van der Waals surface area (Å²) >= 11 is 0. The number of ether oxygens (including phenoxy) is 1. The first-order chi connectivity index (χ1) is 14.5. The highest BCUT2D eigenvalue weighted by Crippen LogP contribution is 2.36. The van der Waals surface area contributed by atoms with Crippen molar-refractivity contribution in [1.29, 1.82) is 0 Å². The molecule has 0 spiro atoms. The lowest BCUT2D eigenvalue weighted by Crippen LogP contribution is -2.55. The summed E-state index contributed by atoms with van der Waals surface area (Å²) in [7, 11) is -1.92. The van der Waals surface area contributed by atoms with Crippen LogP contribution in [0, 0.1) is 0 Å². The molecule has 0 unspecified atom stereocenters. The van der Waals surface area contributed by atoms with Crippen molar-refractivity contribution in [3.05, 3.63) is 71.8 Å². The largest absolute Gasteiger partial charge is 0.462 e. The molecule has 4 nitrogen and oxygen atoms in total. The van der Waals surface area contributed by atoms with Gasteiger partial charge in [-0.2, -0.15) is 0 Å². The van der Waals surface area contributed by atoms with Gasteiger partial charge in [-0.15, -0.1) is 0 Å². The molecule has 0 amide bonds. The Morgan fingerprint density at radius 3 is 1.94 bits per heavy atom. The van der Waals surface area contributed by atoms with Gasteiger partial charge in [0.1, 0.15) is 13.8 Å². The Kier molecular flexibility index (Phi) is 8.01. The van der Waals surface area contributed by atoms with E-state index in [1.807, 2.05) is 62.4 Å². The van der Waals surface area contributed by atoms with Gasteiger partial charge in [-0.3, -0.25) is 4.99 Å². The van der Waals surface area contributed by atoms with E-state index in [2.05, 4.69) is 57.1 Å². The van der Waals surface area contributed by atoms with E-state index in [0.29, 0.717) is 17.9 Å². The summed E-state index contributed by atoms with van der Waals surface area (Å²) in [6, 6.07) is 19.8. The molecule has 0 aliphatic heterocycles. The molecule has 2 aromatic carbocycles. The molecule has 0 atom stereocenters. The number of carbonyl (C=O) groups is 1. The third-order valence-electron chi connectivity index (χ3n) is 4.74. The van der Waals surface area contributed by atoms with Crippen molar-refractivity contribution in [2.75, 3.05) is 6.61 Å². The van der Waals surface area contributed by atoms with Crippen LogP contribution in [0.1, 0.15) is 40.2 Å². The SMILES string of the molecule is CCOC(=O)/C(C(C)=Nc1ccccc1)=C(\c1ccccc1)N(C(C)(C)C)[Si](C)(C)C. The minimum atomic E-state index is -1.92. The van der Waals surface area contributed by atoms with Crippen LogP contribution in [-0.2, 0) is 9.53 Å². The first-order valence-corrected chi connectivity index (χ1v) is 14.3. The zero-order chi connectivity index (χ0) is 23.2. The normalized spacial score (nSPS) is 13.5. The molecule has 0 aromatic heterocycles. The maximum absolute atomic E-state index is 13.4. The van der Waals surface area contributed by atoms with Crippen molar-refractivity contribution in [3.63, 3.8) is 0 Å². The Hall–Kier alpha value is -2.66. The predicted molar refractivity (Wildman–Crippen MR) is 134 cm³/mol.